The van der Waals surface area contributed by atoms with Gasteiger partial charge in [-0.2, -0.15) is 0 Å². The lowest BCUT2D eigenvalue weighted by Gasteiger charge is -2.22. The molecule has 2 atom stereocenters. The van der Waals surface area contributed by atoms with Gasteiger partial charge in [-0.15, -0.1) is 0 Å². The minimum atomic E-state index is -3.64. The van der Waals surface area contributed by atoms with E-state index >= 15 is 0 Å². The fourth-order valence-electron chi connectivity index (χ4n) is 3.09. The van der Waals surface area contributed by atoms with Crippen LogP contribution in [0.25, 0.3) is 0 Å². The van der Waals surface area contributed by atoms with E-state index in [2.05, 4.69) is 4.98 Å². The van der Waals surface area contributed by atoms with Gasteiger partial charge in [0.15, 0.2) is 19.7 Å². The number of aromatic nitrogens is 1. The normalized spacial score (nSPS) is 23.5. The largest absolute Gasteiger partial charge is 0.370 e. The van der Waals surface area contributed by atoms with Crippen LogP contribution in [0.15, 0.2) is 46.3 Å². The van der Waals surface area contributed by atoms with Crippen LogP contribution in [0.1, 0.15) is 30.7 Å². The van der Waals surface area contributed by atoms with Gasteiger partial charge in [-0.1, -0.05) is 23.7 Å². The Morgan fingerprint density at radius 3 is 2.48 bits per heavy atom. The van der Waals surface area contributed by atoms with Crippen molar-refractivity contribution in [3.05, 3.63) is 52.8 Å². The van der Waals surface area contributed by atoms with Crippen LogP contribution in [-0.4, -0.2) is 39.4 Å². The van der Waals surface area contributed by atoms with Crippen LogP contribution in [0.5, 0.6) is 0 Å². The second-order valence-corrected chi connectivity index (χ2v) is 12.0. The highest BCUT2D eigenvalue weighted by molar-refractivity contribution is 7.92. The van der Waals surface area contributed by atoms with Crippen LogP contribution in [0.3, 0.4) is 0 Å². The first kappa shape index (κ1) is 20.3. The molecule has 0 aliphatic carbocycles. The van der Waals surface area contributed by atoms with Crippen molar-refractivity contribution in [3.63, 3.8) is 0 Å². The van der Waals surface area contributed by atoms with Crippen LogP contribution in [-0.2, 0) is 24.4 Å². The molecule has 0 radical (unpaired) electrons. The number of ether oxygens (including phenoxy) is 1. The molecule has 1 fully saturated rings. The second-order valence-electron chi connectivity index (χ2n) is 7.08. The summed E-state index contributed by atoms with van der Waals surface area (Å²) in [6, 6.07) is 8.07. The number of halogens is 1. The molecule has 1 aliphatic heterocycles. The standard InChI is InChI=1S/C18H20ClNO5S2/c1-12-5-4-6-13(7-12)27(23,24)18(2)9-16(25-11-18)17-15(19)8-14(10-20-17)26(3,21)22/h4-8,10,16H,9,11H2,1-3H3. The Labute approximate surface area is 164 Å². The fourth-order valence-corrected chi connectivity index (χ4v) is 5.78. The third-order valence-electron chi connectivity index (χ3n) is 4.73. The zero-order valence-corrected chi connectivity index (χ0v) is 17.5. The lowest BCUT2D eigenvalue weighted by atomic mass is 10.0. The molecule has 1 saturated heterocycles. The highest BCUT2D eigenvalue weighted by Crippen LogP contribution is 2.43. The molecule has 0 amide bonds. The van der Waals surface area contributed by atoms with E-state index in [1.807, 2.05) is 13.0 Å². The van der Waals surface area contributed by atoms with Crippen molar-refractivity contribution in [2.24, 2.45) is 0 Å². The van der Waals surface area contributed by atoms with Crippen molar-refractivity contribution < 1.29 is 21.6 Å². The zero-order valence-electron chi connectivity index (χ0n) is 15.1. The fraction of sp³-hybridized carbons (Fsp3) is 0.389. The van der Waals surface area contributed by atoms with E-state index in [1.54, 1.807) is 25.1 Å². The summed E-state index contributed by atoms with van der Waals surface area (Å²) in [5.41, 5.74) is 1.20. The molecule has 6 nitrogen and oxygen atoms in total. The van der Waals surface area contributed by atoms with Crippen molar-refractivity contribution in [2.45, 2.75) is 40.9 Å². The number of nitrogens with zero attached hydrogens (tertiary/aromatic N) is 1. The van der Waals surface area contributed by atoms with E-state index in [4.69, 9.17) is 16.3 Å². The Morgan fingerprint density at radius 1 is 1.19 bits per heavy atom. The maximum Gasteiger partial charge on any atom is 0.186 e. The lowest BCUT2D eigenvalue weighted by Crippen LogP contribution is -2.36. The molecule has 2 heterocycles. The molecule has 0 saturated carbocycles. The van der Waals surface area contributed by atoms with Gasteiger partial charge in [-0.3, -0.25) is 4.98 Å². The smallest absolute Gasteiger partial charge is 0.186 e. The minimum Gasteiger partial charge on any atom is -0.370 e. The highest BCUT2D eigenvalue weighted by Gasteiger charge is 2.48. The predicted molar refractivity (Wildman–Crippen MR) is 102 cm³/mol. The number of hydrogen-bond acceptors (Lipinski definition) is 6. The lowest BCUT2D eigenvalue weighted by molar-refractivity contribution is 0.106. The van der Waals surface area contributed by atoms with Crippen LogP contribution in [0.4, 0.5) is 0 Å². The molecular weight excluding hydrogens is 410 g/mol. The average Bonchev–Trinajstić information content (AvgIpc) is 2.98. The molecule has 1 aromatic carbocycles. The molecule has 3 rings (SSSR count). The quantitative estimate of drug-likeness (QED) is 0.741. The Bertz CT molecular complexity index is 1100. The van der Waals surface area contributed by atoms with E-state index in [0.29, 0.717) is 5.69 Å². The van der Waals surface area contributed by atoms with Crippen molar-refractivity contribution in [3.8, 4) is 0 Å². The third-order valence-corrected chi connectivity index (χ3v) is 8.57. The van der Waals surface area contributed by atoms with Crippen LogP contribution in [0, 0.1) is 6.92 Å². The van der Waals surface area contributed by atoms with Gasteiger partial charge in [-0.05, 0) is 37.6 Å². The first-order chi connectivity index (χ1) is 12.4. The minimum absolute atomic E-state index is 0.000220. The summed E-state index contributed by atoms with van der Waals surface area (Å²) in [4.78, 5) is 4.38. The van der Waals surface area contributed by atoms with Gasteiger partial charge in [0.2, 0.25) is 0 Å². The van der Waals surface area contributed by atoms with Crippen LogP contribution < -0.4 is 0 Å². The molecule has 146 valence electrons. The topological polar surface area (TPSA) is 90.4 Å². The molecule has 1 aliphatic rings. The van der Waals surface area contributed by atoms with Gasteiger partial charge in [-0.25, -0.2) is 16.8 Å². The number of benzene rings is 1. The Morgan fingerprint density at radius 2 is 1.89 bits per heavy atom. The summed E-state index contributed by atoms with van der Waals surface area (Å²) < 4.78 is 54.1. The summed E-state index contributed by atoms with van der Waals surface area (Å²) in [6.45, 7) is 3.48. The summed E-state index contributed by atoms with van der Waals surface area (Å²) in [7, 11) is -7.07. The van der Waals surface area contributed by atoms with Crippen LogP contribution in [0.2, 0.25) is 5.02 Å². The Hall–Kier alpha value is -1.48. The van der Waals surface area contributed by atoms with Gasteiger partial charge in [0, 0.05) is 18.9 Å². The number of rotatable bonds is 4. The first-order valence-electron chi connectivity index (χ1n) is 8.22. The Balaban J connectivity index is 1.92. The third kappa shape index (κ3) is 3.76. The van der Waals surface area contributed by atoms with Crippen molar-refractivity contribution in [2.75, 3.05) is 12.9 Å². The molecular formula is C18H20ClNO5S2. The summed E-state index contributed by atoms with van der Waals surface area (Å²) in [5.74, 6) is 0. The van der Waals surface area contributed by atoms with Gasteiger partial charge in [0.25, 0.3) is 0 Å². The zero-order chi connectivity index (χ0) is 20.0. The van der Waals surface area contributed by atoms with E-state index in [-0.39, 0.29) is 27.8 Å². The predicted octanol–water partition coefficient (Wildman–Crippen LogP) is 3.14. The molecule has 2 unspecified atom stereocenters. The van der Waals surface area contributed by atoms with E-state index in [1.165, 1.54) is 12.3 Å². The van der Waals surface area contributed by atoms with Crippen LogP contribution >= 0.6 is 11.6 Å². The SMILES string of the molecule is Cc1cccc(S(=O)(=O)C2(C)COC(c3ncc(S(C)(=O)=O)cc3Cl)C2)c1. The number of aryl methyl sites for hydroxylation is 1. The molecule has 2 aromatic rings. The maximum atomic E-state index is 13.1. The number of pyridine rings is 1. The molecule has 9 heteroatoms. The maximum absolute atomic E-state index is 13.1. The number of hydrogen-bond donors (Lipinski definition) is 0. The second kappa shape index (κ2) is 6.84. The van der Waals surface area contributed by atoms with Gasteiger partial charge in [0.1, 0.15) is 10.9 Å². The van der Waals surface area contributed by atoms with E-state index < -0.39 is 30.5 Å². The number of sulfone groups is 2. The molecule has 0 bridgehead atoms. The van der Waals surface area contributed by atoms with Gasteiger partial charge >= 0.3 is 0 Å². The van der Waals surface area contributed by atoms with E-state index in [0.717, 1.165) is 11.8 Å². The molecule has 0 spiro atoms. The highest BCUT2D eigenvalue weighted by atomic mass is 35.5. The van der Waals surface area contributed by atoms with Crippen molar-refractivity contribution >= 4 is 31.3 Å². The monoisotopic (exact) mass is 429 g/mol. The van der Waals surface area contributed by atoms with Crippen molar-refractivity contribution in [1.29, 1.82) is 0 Å². The average molecular weight is 430 g/mol. The van der Waals surface area contributed by atoms with Gasteiger partial charge < -0.3 is 4.74 Å². The van der Waals surface area contributed by atoms with Gasteiger partial charge in [0.05, 0.1) is 27.1 Å². The molecule has 27 heavy (non-hydrogen) atoms. The summed E-state index contributed by atoms with van der Waals surface area (Å²) >= 11 is 6.20. The summed E-state index contributed by atoms with van der Waals surface area (Å²) in [6.07, 6.45) is 1.83. The Kier molecular flexibility index (Phi) is 5.14. The van der Waals surface area contributed by atoms with E-state index in [9.17, 15) is 16.8 Å². The van der Waals surface area contributed by atoms with Crippen molar-refractivity contribution in [1.82, 2.24) is 4.98 Å². The summed E-state index contributed by atoms with van der Waals surface area (Å²) in [5, 5.41) is 0.139. The molecule has 1 aromatic heterocycles. The first-order valence-corrected chi connectivity index (χ1v) is 12.0. The molecule has 0 N–H and O–H groups in total.